The van der Waals surface area contributed by atoms with E-state index in [0.29, 0.717) is 5.92 Å². The second kappa shape index (κ2) is 6.67. The Morgan fingerprint density at radius 3 is 2.38 bits per heavy atom. The van der Waals surface area contributed by atoms with E-state index in [4.69, 9.17) is 0 Å². The molecule has 0 aromatic rings. The first kappa shape index (κ1) is 16.1. The minimum absolute atomic E-state index is 0.0322. The van der Waals surface area contributed by atoms with E-state index in [1.54, 1.807) is 0 Å². The third-order valence-electron chi connectivity index (χ3n) is 5.10. The van der Waals surface area contributed by atoms with Crippen molar-refractivity contribution in [2.24, 2.45) is 17.8 Å². The Labute approximate surface area is 127 Å². The van der Waals surface area contributed by atoms with Crippen molar-refractivity contribution >= 4 is 12.0 Å². The SMILES string of the molecule is COC(=O)N[C@H](C(=O)N1C[C@@H](C2CCC2)C[C@H]1C)C(C)C. The molecule has 1 heterocycles. The fraction of sp³-hybridized carbons (Fsp3) is 0.875. The Kier molecular flexibility index (Phi) is 5.12. The van der Waals surface area contributed by atoms with Crippen molar-refractivity contribution in [1.29, 1.82) is 0 Å². The number of nitrogens with one attached hydrogen (secondary N) is 1. The minimum atomic E-state index is -0.538. The minimum Gasteiger partial charge on any atom is -0.453 e. The summed E-state index contributed by atoms with van der Waals surface area (Å²) in [7, 11) is 1.32. The van der Waals surface area contributed by atoms with Gasteiger partial charge in [0.25, 0.3) is 0 Å². The Balaban J connectivity index is 2.00. The number of amides is 2. The molecule has 0 aromatic heterocycles. The zero-order chi connectivity index (χ0) is 15.6. The summed E-state index contributed by atoms with van der Waals surface area (Å²) in [4.78, 5) is 26.2. The first-order valence-electron chi connectivity index (χ1n) is 8.09. The summed E-state index contributed by atoms with van der Waals surface area (Å²) in [6, 6.07) is -0.233. The molecule has 120 valence electrons. The average molecular weight is 296 g/mol. The van der Waals surface area contributed by atoms with Crippen molar-refractivity contribution in [3.05, 3.63) is 0 Å². The Hall–Kier alpha value is -1.26. The highest BCUT2D eigenvalue weighted by Gasteiger charge is 2.41. The molecule has 1 saturated heterocycles. The van der Waals surface area contributed by atoms with Crippen molar-refractivity contribution < 1.29 is 14.3 Å². The van der Waals surface area contributed by atoms with Crippen LogP contribution in [0.25, 0.3) is 0 Å². The lowest BCUT2D eigenvalue weighted by Crippen LogP contribution is -2.52. The van der Waals surface area contributed by atoms with Crippen LogP contribution >= 0.6 is 0 Å². The summed E-state index contributed by atoms with van der Waals surface area (Å²) in [6.45, 7) is 6.86. The number of carbonyl (C=O) groups excluding carboxylic acids is 2. The molecule has 5 nitrogen and oxygen atoms in total. The fourth-order valence-corrected chi connectivity index (χ4v) is 3.51. The lowest BCUT2D eigenvalue weighted by atomic mass is 9.75. The number of hydrogen-bond donors (Lipinski definition) is 1. The van der Waals surface area contributed by atoms with Gasteiger partial charge in [-0.2, -0.15) is 0 Å². The number of rotatable bonds is 4. The van der Waals surface area contributed by atoms with Gasteiger partial charge >= 0.3 is 6.09 Å². The third kappa shape index (κ3) is 3.50. The smallest absolute Gasteiger partial charge is 0.407 e. The second-order valence-corrected chi connectivity index (χ2v) is 6.88. The maximum Gasteiger partial charge on any atom is 0.407 e. The Bertz CT molecular complexity index is 393. The molecule has 0 aromatic carbocycles. The van der Waals surface area contributed by atoms with Gasteiger partial charge in [-0.3, -0.25) is 4.79 Å². The molecule has 0 radical (unpaired) electrons. The molecule has 1 N–H and O–H groups in total. The molecule has 2 aliphatic rings. The highest BCUT2D eigenvalue weighted by Crippen LogP contribution is 2.40. The number of likely N-dealkylation sites (tertiary alicyclic amines) is 1. The van der Waals surface area contributed by atoms with E-state index in [9.17, 15) is 9.59 Å². The largest absolute Gasteiger partial charge is 0.453 e. The Morgan fingerprint density at radius 1 is 1.24 bits per heavy atom. The van der Waals surface area contributed by atoms with Crippen LogP contribution in [0.2, 0.25) is 0 Å². The molecular weight excluding hydrogens is 268 g/mol. The maximum absolute atomic E-state index is 12.8. The molecule has 0 unspecified atom stereocenters. The van der Waals surface area contributed by atoms with Gasteiger partial charge in [0.2, 0.25) is 5.91 Å². The van der Waals surface area contributed by atoms with Gasteiger partial charge in [-0.25, -0.2) is 4.79 Å². The van der Waals surface area contributed by atoms with Gasteiger partial charge < -0.3 is 15.0 Å². The number of ether oxygens (including phenoxy) is 1. The van der Waals surface area contributed by atoms with Crippen LogP contribution in [0.5, 0.6) is 0 Å². The van der Waals surface area contributed by atoms with Gasteiger partial charge in [-0.05, 0) is 31.1 Å². The number of alkyl carbamates (subject to hydrolysis) is 1. The third-order valence-corrected chi connectivity index (χ3v) is 5.10. The quantitative estimate of drug-likeness (QED) is 0.866. The van der Waals surface area contributed by atoms with Gasteiger partial charge in [-0.15, -0.1) is 0 Å². The van der Waals surface area contributed by atoms with Crippen molar-refractivity contribution in [2.75, 3.05) is 13.7 Å². The van der Waals surface area contributed by atoms with Crippen molar-refractivity contribution in [1.82, 2.24) is 10.2 Å². The molecule has 5 heteroatoms. The number of hydrogen-bond acceptors (Lipinski definition) is 3. The summed E-state index contributed by atoms with van der Waals surface area (Å²) in [5.41, 5.74) is 0. The predicted molar refractivity (Wildman–Crippen MR) is 80.8 cm³/mol. The van der Waals surface area contributed by atoms with Crippen LogP contribution < -0.4 is 5.32 Å². The van der Waals surface area contributed by atoms with E-state index < -0.39 is 12.1 Å². The summed E-state index contributed by atoms with van der Waals surface area (Å²) >= 11 is 0. The first-order chi connectivity index (χ1) is 9.93. The van der Waals surface area contributed by atoms with Crippen LogP contribution in [-0.2, 0) is 9.53 Å². The van der Waals surface area contributed by atoms with Crippen molar-refractivity contribution in [3.8, 4) is 0 Å². The normalized spacial score (nSPS) is 27.4. The van der Waals surface area contributed by atoms with E-state index in [1.165, 1.54) is 26.4 Å². The van der Waals surface area contributed by atoms with E-state index in [2.05, 4.69) is 17.0 Å². The zero-order valence-electron chi connectivity index (χ0n) is 13.6. The summed E-state index contributed by atoms with van der Waals surface area (Å²) in [5, 5.41) is 2.68. The van der Waals surface area contributed by atoms with E-state index in [0.717, 1.165) is 18.9 Å². The monoisotopic (exact) mass is 296 g/mol. The van der Waals surface area contributed by atoms with Crippen LogP contribution in [0.1, 0.15) is 46.5 Å². The van der Waals surface area contributed by atoms with Gasteiger partial charge in [0.1, 0.15) is 6.04 Å². The van der Waals surface area contributed by atoms with Crippen LogP contribution in [0.3, 0.4) is 0 Å². The molecule has 1 aliphatic carbocycles. The lowest BCUT2D eigenvalue weighted by Gasteiger charge is -2.32. The van der Waals surface area contributed by atoms with Gasteiger partial charge in [0.05, 0.1) is 7.11 Å². The fourth-order valence-electron chi connectivity index (χ4n) is 3.51. The topological polar surface area (TPSA) is 58.6 Å². The lowest BCUT2D eigenvalue weighted by molar-refractivity contribution is -0.135. The maximum atomic E-state index is 12.8. The molecule has 1 saturated carbocycles. The number of carbonyl (C=O) groups is 2. The van der Waals surface area contributed by atoms with E-state index in [1.807, 2.05) is 18.7 Å². The standard InChI is InChI=1S/C16H28N2O3/c1-10(2)14(17-16(20)21-4)15(19)18-9-13(8-11(18)3)12-6-5-7-12/h10-14H,5-9H2,1-4H3,(H,17,20)/t11-,13+,14+/m1/s1. The van der Waals surface area contributed by atoms with Crippen LogP contribution in [-0.4, -0.2) is 42.6 Å². The second-order valence-electron chi connectivity index (χ2n) is 6.88. The average Bonchev–Trinajstić information content (AvgIpc) is 2.74. The molecule has 3 atom stereocenters. The first-order valence-corrected chi connectivity index (χ1v) is 8.09. The summed E-state index contributed by atoms with van der Waals surface area (Å²) < 4.78 is 4.64. The predicted octanol–water partition coefficient (Wildman–Crippen LogP) is 2.40. The summed E-state index contributed by atoms with van der Waals surface area (Å²) in [6.07, 6.45) is 4.52. The van der Waals surface area contributed by atoms with Crippen LogP contribution in [0.15, 0.2) is 0 Å². The molecule has 2 fully saturated rings. The zero-order valence-corrected chi connectivity index (χ0v) is 13.6. The molecule has 0 spiro atoms. The van der Waals surface area contributed by atoms with E-state index >= 15 is 0 Å². The number of methoxy groups -OCH3 is 1. The highest BCUT2D eigenvalue weighted by molar-refractivity contribution is 5.86. The number of nitrogens with zero attached hydrogens (tertiary/aromatic N) is 1. The molecule has 21 heavy (non-hydrogen) atoms. The molecule has 2 rings (SSSR count). The van der Waals surface area contributed by atoms with Gasteiger partial charge in [-0.1, -0.05) is 33.1 Å². The molecule has 2 amide bonds. The molecular formula is C16H28N2O3. The molecule has 1 aliphatic heterocycles. The molecule has 0 bridgehead atoms. The van der Waals surface area contributed by atoms with E-state index in [-0.39, 0.29) is 17.9 Å². The Morgan fingerprint density at radius 2 is 1.90 bits per heavy atom. The van der Waals surface area contributed by atoms with Crippen LogP contribution in [0, 0.1) is 17.8 Å². The summed E-state index contributed by atoms with van der Waals surface area (Å²) in [5.74, 6) is 1.52. The van der Waals surface area contributed by atoms with Crippen molar-refractivity contribution in [2.45, 2.75) is 58.5 Å². The van der Waals surface area contributed by atoms with Crippen LogP contribution in [0.4, 0.5) is 4.79 Å². The van der Waals surface area contributed by atoms with Gasteiger partial charge in [0.15, 0.2) is 0 Å². The van der Waals surface area contributed by atoms with Gasteiger partial charge in [0, 0.05) is 12.6 Å². The highest BCUT2D eigenvalue weighted by atomic mass is 16.5. The van der Waals surface area contributed by atoms with Crippen molar-refractivity contribution in [3.63, 3.8) is 0 Å².